The molecule has 0 radical (unpaired) electrons. The third-order valence-corrected chi connectivity index (χ3v) is 15.1. The van der Waals surface area contributed by atoms with Gasteiger partial charge >= 0.3 is 0 Å². The van der Waals surface area contributed by atoms with E-state index in [0.717, 1.165) is 42.1 Å². The summed E-state index contributed by atoms with van der Waals surface area (Å²) < 4.78 is 6.42. The standard InChI is InChI=1S/C28H44NOP/c1-26(2,3)24-16-30-25(29-24)17-31(27-10-18-4-19(11-27)6-20(5-18)12-27)28-13-21-7-22(14-28)9-23(8-21)15-28/h18-24H,4-17H2,1-3H3/t18?,19?,20?,21?,22?,23?,24-,27?,28?,31?/m1/s1. The maximum absolute atomic E-state index is 6.42. The summed E-state index contributed by atoms with van der Waals surface area (Å²) in [6.45, 7) is 7.86. The third kappa shape index (κ3) is 3.23. The van der Waals surface area contributed by atoms with Crippen LogP contribution in [0.4, 0.5) is 0 Å². The molecule has 31 heavy (non-hydrogen) atoms. The SMILES string of the molecule is CC(C)(C)[C@H]1COC(CP(C23CC4CC(CC(C4)C2)C3)C23CC4CC(CC(C4)C2)C3)=N1. The lowest BCUT2D eigenvalue weighted by Gasteiger charge is -2.67. The second-order valence-corrected chi connectivity index (χ2v) is 17.7. The number of aliphatic imine (C=N–C) groups is 1. The van der Waals surface area contributed by atoms with Crippen molar-refractivity contribution in [1.82, 2.24) is 0 Å². The van der Waals surface area contributed by atoms with Crippen molar-refractivity contribution in [3.8, 4) is 0 Å². The van der Waals surface area contributed by atoms with Gasteiger partial charge in [0.15, 0.2) is 5.90 Å². The molecule has 8 bridgehead atoms. The Morgan fingerprint density at radius 2 is 1.13 bits per heavy atom. The van der Waals surface area contributed by atoms with E-state index < -0.39 is 0 Å². The summed E-state index contributed by atoms with van der Waals surface area (Å²) in [6.07, 6.45) is 20.2. The van der Waals surface area contributed by atoms with Crippen LogP contribution in [0.25, 0.3) is 0 Å². The van der Waals surface area contributed by atoms with Crippen LogP contribution in [0.1, 0.15) is 97.8 Å². The number of nitrogens with zero attached hydrogens (tertiary/aromatic N) is 1. The highest BCUT2D eigenvalue weighted by atomic mass is 31.1. The van der Waals surface area contributed by atoms with Crippen LogP contribution in [-0.4, -0.2) is 35.0 Å². The summed E-state index contributed by atoms with van der Waals surface area (Å²) >= 11 is 0. The minimum Gasteiger partial charge on any atom is -0.478 e. The number of hydrogen-bond acceptors (Lipinski definition) is 2. The molecule has 0 aromatic heterocycles. The van der Waals surface area contributed by atoms with Gasteiger partial charge in [-0.25, -0.2) is 4.99 Å². The second-order valence-electron chi connectivity index (χ2n) is 14.6. The van der Waals surface area contributed by atoms with Gasteiger partial charge in [0.1, 0.15) is 6.61 Å². The molecule has 0 unspecified atom stereocenters. The molecule has 3 heteroatoms. The monoisotopic (exact) mass is 441 g/mol. The summed E-state index contributed by atoms with van der Waals surface area (Å²) in [5, 5.41) is 1.39. The molecule has 172 valence electrons. The molecule has 9 aliphatic rings. The Bertz CT molecular complexity index is 664. The molecule has 0 aromatic rings. The Labute approximate surface area is 191 Å². The highest BCUT2D eigenvalue weighted by Gasteiger charge is 2.62. The molecule has 2 nitrogen and oxygen atoms in total. The summed E-state index contributed by atoms with van der Waals surface area (Å²) in [5.74, 6) is 7.60. The van der Waals surface area contributed by atoms with Crippen LogP contribution in [0, 0.1) is 40.9 Å². The third-order valence-electron chi connectivity index (χ3n) is 11.2. The van der Waals surface area contributed by atoms with Gasteiger partial charge < -0.3 is 4.74 Å². The number of ether oxygens (including phenoxy) is 1. The van der Waals surface area contributed by atoms with Crippen LogP contribution in [0.2, 0.25) is 0 Å². The van der Waals surface area contributed by atoms with Gasteiger partial charge in [0.05, 0.1) is 6.04 Å². The quantitative estimate of drug-likeness (QED) is 0.421. The van der Waals surface area contributed by atoms with Crippen molar-refractivity contribution < 1.29 is 4.74 Å². The van der Waals surface area contributed by atoms with Crippen molar-refractivity contribution in [3.05, 3.63) is 0 Å². The maximum atomic E-state index is 6.42. The van der Waals surface area contributed by atoms with E-state index in [1.807, 2.05) is 0 Å². The van der Waals surface area contributed by atoms with E-state index in [2.05, 4.69) is 20.8 Å². The molecule has 0 spiro atoms. The Kier molecular flexibility index (Phi) is 4.41. The van der Waals surface area contributed by atoms with Gasteiger partial charge in [0.25, 0.3) is 0 Å². The number of hydrogen-bond donors (Lipinski definition) is 0. The zero-order valence-electron chi connectivity index (χ0n) is 20.2. The van der Waals surface area contributed by atoms with Gasteiger partial charge in [-0.1, -0.05) is 28.7 Å². The molecule has 0 N–H and O–H groups in total. The lowest BCUT2D eigenvalue weighted by molar-refractivity contribution is 0.0187. The molecule has 9 rings (SSSR count). The molecule has 0 aromatic carbocycles. The van der Waals surface area contributed by atoms with Crippen molar-refractivity contribution in [2.45, 2.75) is 114 Å². The predicted octanol–water partition coefficient (Wildman–Crippen LogP) is 7.25. The molecule has 1 atom stereocenters. The predicted molar refractivity (Wildman–Crippen MR) is 130 cm³/mol. The van der Waals surface area contributed by atoms with Crippen LogP contribution >= 0.6 is 7.92 Å². The smallest absolute Gasteiger partial charge is 0.188 e. The van der Waals surface area contributed by atoms with E-state index >= 15 is 0 Å². The summed E-state index contributed by atoms with van der Waals surface area (Å²) in [4.78, 5) is 5.26. The number of rotatable bonds is 4. The summed E-state index contributed by atoms with van der Waals surface area (Å²) in [5.41, 5.74) is 0.228. The topological polar surface area (TPSA) is 21.6 Å². The zero-order valence-corrected chi connectivity index (χ0v) is 21.1. The lowest BCUT2D eigenvalue weighted by atomic mass is 9.55. The minimum absolute atomic E-state index is 0.0306. The average Bonchev–Trinajstić information content (AvgIpc) is 3.13. The molecule has 8 saturated carbocycles. The highest BCUT2D eigenvalue weighted by Crippen LogP contribution is 2.78. The van der Waals surface area contributed by atoms with Crippen molar-refractivity contribution in [2.24, 2.45) is 45.9 Å². The van der Waals surface area contributed by atoms with E-state index in [1.165, 1.54) is 12.1 Å². The van der Waals surface area contributed by atoms with E-state index in [1.54, 1.807) is 77.0 Å². The van der Waals surface area contributed by atoms with Gasteiger partial charge in [-0.05, 0) is 128 Å². The van der Waals surface area contributed by atoms with Crippen LogP contribution in [0.15, 0.2) is 4.99 Å². The first-order chi connectivity index (χ1) is 14.8. The van der Waals surface area contributed by atoms with Crippen molar-refractivity contribution in [1.29, 1.82) is 0 Å². The fourth-order valence-electron chi connectivity index (χ4n) is 10.7. The van der Waals surface area contributed by atoms with Gasteiger partial charge in [0, 0.05) is 6.16 Å². The van der Waals surface area contributed by atoms with Crippen LogP contribution in [0.3, 0.4) is 0 Å². The van der Waals surface area contributed by atoms with Gasteiger partial charge in [-0.3, -0.25) is 0 Å². The van der Waals surface area contributed by atoms with Crippen molar-refractivity contribution in [2.75, 3.05) is 12.8 Å². The Hall–Kier alpha value is -0.100. The Morgan fingerprint density at radius 1 is 0.742 bits per heavy atom. The first kappa shape index (κ1) is 20.3. The zero-order chi connectivity index (χ0) is 21.0. The first-order valence-electron chi connectivity index (χ1n) is 13.8. The van der Waals surface area contributed by atoms with Gasteiger partial charge in [0.2, 0.25) is 0 Å². The van der Waals surface area contributed by atoms with Gasteiger partial charge in [-0.2, -0.15) is 0 Å². The van der Waals surface area contributed by atoms with Crippen LogP contribution < -0.4 is 0 Å². The van der Waals surface area contributed by atoms with Crippen LogP contribution in [0.5, 0.6) is 0 Å². The van der Waals surface area contributed by atoms with E-state index in [-0.39, 0.29) is 13.3 Å². The molecule has 0 amide bonds. The van der Waals surface area contributed by atoms with Crippen LogP contribution in [-0.2, 0) is 4.74 Å². The van der Waals surface area contributed by atoms with Crippen molar-refractivity contribution in [3.63, 3.8) is 0 Å². The lowest BCUT2D eigenvalue weighted by Crippen LogP contribution is -2.57. The second kappa shape index (κ2) is 6.73. The first-order valence-corrected chi connectivity index (χ1v) is 15.3. The molecule has 1 aliphatic heterocycles. The van der Waals surface area contributed by atoms with Crippen molar-refractivity contribution >= 4 is 13.8 Å². The summed E-state index contributed by atoms with van der Waals surface area (Å²) in [7, 11) is -0.0306. The Morgan fingerprint density at radius 3 is 1.45 bits per heavy atom. The van der Waals surface area contributed by atoms with E-state index in [4.69, 9.17) is 9.73 Å². The highest BCUT2D eigenvalue weighted by molar-refractivity contribution is 7.62. The Balaban J connectivity index is 1.26. The molecule has 8 aliphatic carbocycles. The minimum atomic E-state index is -0.0306. The average molecular weight is 442 g/mol. The molecule has 8 fully saturated rings. The molecule has 0 saturated heterocycles. The molecular formula is C28H44NOP. The molecular weight excluding hydrogens is 397 g/mol. The fraction of sp³-hybridized carbons (Fsp3) is 0.964. The van der Waals surface area contributed by atoms with E-state index in [9.17, 15) is 0 Å². The summed E-state index contributed by atoms with van der Waals surface area (Å²) in [6, 6.07) is 0.368. The molecule has 1 heterocycles. The largest absolute Gasteiger partial charge is 0.478 e. The normalized spacial score (nSPS) is 53.0. The maximum Gasteiger partial charge on any atom is 0.188 e. The fourth-order valence-corrected chi connectivity index (χ4v) is 15.7. The van der Waals surface area contributed by atoms with E-state index in [0.29, 0.717) is 16.4 Å². The van der Waals surface area contributed by atoms with Gasteiger partial charge in [-0.15, -0.1) is 0 Å².